The van der Waals surface area contributed by atoms with Gasteiger partial charge in [-0.1, -0.05) is 20.3 Å². The maximum atomic E-state index is 9.35. The number of aliphatic hydroxyl groups excluding tert-OH is 1. The number of aryl methyl sites for hydroxylation is 1. The minimum Gasteiger partial charge on any atom is -0.392 e. The summed E-state index contributed by atoms with van der Waals surface area (Å²) in [7, 11) is 2.07. The third-order valence-electron chi connectivity index (χ3n) is 3.73. The molecule has 3 nitrogen and oxygen atoms in total. The first kappa shape index (κ1) is 15.0. The second-order valence-corrected chi connectivity index (χ2v) is 5.46. The molecule has 1 heterocycles. The van der Waals surface area contributed by atoms with Crippen LogP contribution in [0.2, 0.25) is 0 Å². The van der Waals surface area contributed by atoms with Gasteiger partial charge in [0.2, 0.25) is 0 Å². The molecule has 1 aromatic heterocycles. The molecule has 0 aliphatic heterocycles. The van der Waals surface area contributed by atoms with E-state index in [-0.39, 0.29) is 12.1 Å². The maximum Gasteiger partial charge on any atom is 0.129 e. The van der Waals surface area contributed by atoms with Crippen LogP contribution in [0.5, 0.6) is 0 Å². The van der Waals surface area contributed by atoms with Crippen LogP contribution >= 0.6 is 0 Å². The molecule has 1 aromatic rings. The summed E-state index contributed by atoms with van der Waals surface area (Å²) >= 11 is 0. The summed E-state index contributed by atoms with van der Waals surface area (Å²) in [5.74, 6) is 0.955. The lowest BCUT2D eigenvalue weighted by Gasteiger charge is -2.36. The smallest absolute Gasteiger partial charge is 0.129 e. The number of hydrogen-bond donors (Lipinski definition) is 1. The van der Waals surface area contributed by atoms with Gasteiger partial charge in [0, 0.05) is 18.3 Å². The Balaban J connectivity index is 3.11. The van der Waals surface area contributed by atoms with Crippen molar-refractivity contribution in [3.63, 3.8) is 0 Å². The lowest BCUT2D eigenvalue weighted by Crippen LogP contribution is -2.41. The standard InChI is InChI=1S/C15H26N2O/c1-6-8-13-9-12(11-18)10-14(16-13)17(5)15(3,4)7-2/h9-10,18H,6-8,11H2,1-5H3. The lowest BCUT2D eigenvalue weighted by atomic mass is 10.00. The van der Waals surface area contributed by atoms with E-state index in [1.807, 2.05) is 12.1 Å². The number of hydrogen-bond acceptors (Lipinski definition) is 3. The highest BCUT2D eigenvalue weighted by Gasteiger charge is 2.22. The van der Waals surface area contributed by atoms with Crippen LogP contribution in [0.25, 0.3) is 0 Å². The highest BCUT2D eigenvalue weighted by atomic mass is 16.3. The van der Waals surface area contributed by atoms with Crippen LogP contribution in [-0.2, 0) is 13.0 Å². The summed E-state index contributed by atoms with van der Waals surface area (Å²) in [4.78, 5) is 6.90. The number of aliphatic hydroxyl groups is 1. The number of pyridine rings is 1. The van der Waals surface area contributed by atoms with E-state index >= 15 is 0 Å². The fraction of sp³-hybridized carbons (Fsp3) is 0.667. The van der Waals surface area contributed by atoms with Gasteiger partial charge in [-0.25, -0.2) is 4.98 Å². The molecule has 3 heteroatoms. The van der Waals surface area contributed by atoms with Crippen LogP contribution in [0.3, 0.4) is 0 Å². The average Bonchev–Trinajstić information content (AvgIpc) is 2.37. The van der Waals surface area contributed by atoms with Gasteiger partial charge < -0.3 is 10.0 Å². The van der Waals surface area contributed by atoms with Gasteiger partial charge in [0.1, 0.15) is 5.82 Å². The molecule has 0 spiro atoms. The van der Waals surface area contributed by atoms with Crippen molar-refractivity contribution in [1.29, 1.82) is 0 Å². The second kappa shape index (κ2) is 6.19. The van der Waals surface area contributed by atoms with E-state index in [0.29, 0.717) is 0 Å². The fourth-order valence-corrected chi connectivity index (χ4v) is 1.83. The molecule has 0 aromatic carbocycles. The highest BCUT2D eigenvalue weighted by Crippen LogP contribution is 2.24. The molecule has 0 aliphatic carbocycles. The van der Waals surface area contributed by atoms with Crippen molar-refractivity contribution in [3.05, 3.63) is 23.4 Å². The van der Waals surface area contributed by atoms with E-state index in [1.165, 1.54) is 0 Å². The van der Waals surface area contributed by atoms with Gasteiger partial charge >= 0.3 is 0 Å². The van der Waals surface area contributed by atoms with Crippen LogP contribution in [-0.4, -0.2) is 22.7 Å². The monoisotopic (exact) mass is 250 g/mol. The SMILES string of the molecule is CCCc1cc(CO)cc(N(C)C(C)(C)CC)n1. The largest absolute Gasteiger partial charge is 0.392 e. The minimum absolute atomic E-state index is 0.0740. The molecular weight excluding hydrogens is 224 g/mol. The Morgan fingerprint density at radius 3 is 2.44 bits per heavy atom. The normalized spacial score (nSPS) is 11.7. The van der Waals surface area contributed by atoms with Crippen molar-refractivity contribution >= 4 is 5.82 Å². The van der Waals surface area contributed by atoms with Gasteiger partial charge in [0.25, 0.3) is 0 Å². The Kier molecular flexibility index (Phi) is 5.15. The highest BCUT2D eigenvalue weighted by molar-refractivity contribution is 5.44. The van der Waals surface area contributed by atoms with Gasteiger partial charge in [0.15, 0.2) is 0 Å². The molecule has 0 atom stereocenters. The van der Waals surface area contributed by atoms with Gasteiger partial charge in [-0.2, -0.15) is 0 Å². The topological polar surface area (TPSA) is 36.4 Å². The molecule has 0 aliphatic rings. The zero-order valence-electron chi connectivity index (χ0n) is 12.3. The summed E-state index contributed by atoms with van der Waals surface area (Å²) in [6.45, 7) is 8.82. The minimum atomic E-state index is 0.0740. The van der Waals surface area contributed by atoms with Crippen molar-refractivity contribution in [1.82, 2.24) is 4.98 Å². The zero-order chi connectivity index (χ0) is 13.8. The first-order chi connectivity index (χ1) is 8.44. The summed E-state index contributed by atoms with van der Waals surface area (Å²) in [6, 6.07) is 3.98. The fourth-order valence-electron chi connectivity index (χ4n) is 1.83. The summed E-state index contributed by atoms with van der Waals surface area (Å²) in [6.07, 6.45) is 3.08. The van der Waals surface area contributed by atoms with Crippen molar-refractivity contribution in [2.75, 3.05) is 11.9 Å². The Bertz CT molecular complexity index is 388. The predicted molar refractivity (Wildman–Crippen MR) is 76.9 cm³/mol. The van der Waals surface area contributed by atoms with Crippen molar-refractivity contribution in [2.45, 2.75) is 59.1 Å². The van der Waals surface area contributed by atoms with E-state index in [9.17, 15) is 5.11 Å². The van der Waals surface area contributed by atoms with E-state index in [1.54, 1.807) is 0 Å². The third-order valence-corrected chi connectivity index (χ3v) is 3.73. The average molecular weight is 250 g/mol. The van der Waals surface area contributed by atoms with Gasteiger partial charge in [-0.15, -0.1) is 0 Å². The number of anilines is 1. The molecule has 0 saturated carbocycles. The Labute approximate surface area is 111 Å². The molecule has 1 N–H and O–H groups in total. The third kappa shape index (κ3) is 3.45. The van der Waals surface area contributed by atoms with Crippen molar-refractivity contribution in [2.24, 2.45) is 0 Å². The second-order valence-electron chi connectivity index (χ2n) is 5.46. The van der Waals surface area contributed by atoms with Crippen LogP contribution in [0, 0.1) is 0 Å². The van der Waals surface area contributed by atoms with Gasteiger partial charge in [-0.3, -0.25) is 0 Å². The Morgan fingerprint density at radius 2 is 1.94 bits per heavy atom. The van der Waals surface area contributed by atoms with Crippen LogP contribution in [0.15, 0.2) is 12.1 Å². The molecule has 0 radical (unpaired) electrons. The van der Waals surface area contributed by atoms with Crippen LogP contribution in [0.1, 0.15) is 51.8 Å². The molecule has 0 fully saturated rings. The van der Waals surface area contributed by atoms with Crippen LogP contribution < -0.4 is 4.90 Å². The van der Waals surface area contributed by atoms with Gasteiger partial charge in [-0.05, 0) is 44.4 Å². The molecule has 0 unspecified atom stereocenters. The van der Waals surface area contributed by atoms with Crippen molar-refractivity contribution in [3.8, 4) is 0 Å². The molecule has 0 saturated heterocycles. The Hall–Kier alpha value is -1.09. The summed E-state index contributed by atoms with van der Waals surface area (Å²) in [5.41, 5.74) is 2.09. The molecule has 1 rings (SSSR count). The van der Waals surface area contributed by atoms with Gasteiger partial charge in [0.05, 0.1) is 6.61 Å². The summed E-state index contributed by atoms with van der Waals surface area (Å²) in [5, 5.41) is 9.35. The van der Waals surface area contributed by atoms with Crippen LogP contribution in [0.4, 0.5) is 5.82 Å². The van der Waals surface area contributed by atoms with E-state index in [2.05, 4.69) is 39.6 Å². The van der Waals surface area contributed by atoms with E-state index < -0.39 is 0 Å². The van der Waals surface area contributed by atoms with E-state index in [0.717, 1.165) is 36.3 Å². The molecule has 18 heavy (non-hydrogen) atoms. The molecule has 102 valence electrons. The molecule has 0 amide bonds. The van der Waals surface area contributed by atoms with E-state index in [4.69, 9.17) is 4.98 Å². The number of aromatic nitrogens is 1. The van der Waals surface area contributed by atoms with Crippen molar-refractivity contribution < 1.29 is 5.11 Å². The Morgan fingerprint density at radius 1 is 1.28 bits per heavy atom. The summed E-state index contributed by atoms with van der Waals surface area (Å²) < 4.78 is 0. The predicted octanol–water partition coefficient (Wildman–Crippen LogP) is 3.15. The number of nitrogens with zero attached hydrogens (tertiary/aromatic N) is 2. The number of rotatable bonds is 6. The molecule has 0 bridgehead atoms. The first-order valence-electron chi connectivity index (χ1n) is 6.79. The first-order valence-corrected chi connectivity index (χ1v) is 6.79. The maximum absolute atomic E-state index is 9.35. The zero-order valence-corrected chi connectivity index (χ0v) is 12.3. The quantitative estimate of drug-likeness (QED) is 0.842. The molecular formula is C15H26N2O. The lowest BCUT2D eigenvalue weighted by molar-refractivity contribution is 0.281.